The van der Waals surface area contributed by atoms with Crippen molar-refractivity contribution in [3.05, 3.63) is 24.0 Å². The number of nitrogen functional groups attached to an aromatic ring is 2. The zero-order valence-corrected chi connectivity index (χ0v) is 13.2. The van der Waals surface area contributed by atoms with Crippen molar-refractivity contribution < 1.29 is 4.55 Å². The normalized spacial score (nSPS) is 12.6. The molecule has 0 aliphatic rings. The van der Waals surface area contributed by atoms with Crippen molar-refractivity contribution in [1.82, 2.24) is 15.0 Å². The number of anilines is 2. The highest BCUT2D eigenvalue weighted by molar-refractivity contribution is 7.99. The maximum Gasteiger partial charge on any atom is 0.266 e. The van der Waals surface area contributed by atoms with Crippen LogP contribution in [0.1, 0.15) is 25.3 Å². The lowest BCUT2D eigenvalue weighted by Crippen LogP contribution is -2.14. The second kappa shape index (κ2) is 6.48. The molecule has 0 aromatic carbocycles. The van der Waals surface area contributed by atoms with Crippen LogP contribution in [0.2, 0.25) is 0 Å². The molecule has 0 saturated heterocycles. The van der Waals surface area contributed by atoms with E-state index >= 15 is 0 Å². The minimum Gasteiger partial charge on any atom is -0.592 e. The molecule has 9 heteroatoms. The van der Waals surface area contributed by atoms with Gasteiger partial charge in [0.2, 0.25) is 5.95 Å². The van der Waals surface area contributed by atoms with E-state index in [9.17, 15) is 4.55 Å². The van der Waals surface area contributed by atoms with Crippen molar-refractivity contribution >= 4 is 34.9 Å². The van der Waals surface area contributed by atoms with Gasteiger partial charge in [-0.2, -0.15) is 4.98 Å². The average molecular weight is 324 g/mol. The Hall–Kier alpha value is -1.55. The van der Waals surface area contributed by atoms with Crippen LogP contribution in [0.25, 0.3) is 0 Å². The predicted octanol–water partition coefficient (Wildman–Crippen LogP) is 1.29. The molecule has 2 aromatic heterocycles. The summed E-state index contributed by atoms with van der Waals surface area (Å²) in [4.78, 5) is 13.5. The van der Waals surface area contributed by atoms with Gasteiger partial charge < -0.3 is 16.0 Å². The Morgan fingerprint density at radius 1 is 1.19 bits per heavy atom. The first-order valence-corrected chi connectivity index (χ1v) is 8.13. The molecule has 7 nitrogen and oxygen atoms in total. The summed E-state index contributed by atoms with van der Waals surface area (Å²) in [6, 6.07) is 1.70. The van der Waals surface area contributed by atoms with Gasteiger partial charge in [-0.05, 0) is 11.5 Å². The van der Waals surface area contributed by atoms with Gasteiger partial charge in [0.1, 0.15) is 5.82 Å². The second-order valence-corrected chi connectivity index (χ2v) is 6.69. The van der Waals surface area contributed by atoms with Crippen molar-refractivity contribution in [3.8, 4) is 0 Å². The molecule has 6 N–H and O–H groups in total. The van der Waals surface area contributed by atoms with Crippen LogP contribution in [0.3, 0.4) is 0 Å². The van der Waals surface area contributed by atoms with Gasteiger partial charge in [-0.3, -0.25) is 0 Å². The molecule has 21 heavy (non-hydrogen) atoms. The monoisotopic (exact) mass is 324 g/mol. The smallest absolute Gasteiger partial charge is 0.266 e. The van der Waals surface area contributed by atoms with Crippen molar-refractivity contribution in [1.29, 1.82) is 0 Å². The number of rotatable bonds is 4. The standard InChI is InChI=1S/C12H16N6OS2/c1-6(2)7-4-16-10(21(15)19)3-8(7)20-9-5-17-12(14)18-11(9)13/h3-6H,15H2,1-2H3,(H4,13,14,17,18). The molecule has 2 aromatic rings. The third kappa shape index (κ3) is 3.76. The first-order chi connectivity index (χ1) is 9.88. The molecule has 2 rings (SSSR count). The maximum absolute atomic E-state index is 11.4. The highest BCUT2D eigenvalue weighted by atomic mass is 32.2. The van der Waals surface area contributed by atoms with E-state index in [0.29, 0.717) is 15.7 Å². The van der Waals surface area contributed by atoms with Crippen molar-refractivity contribution in [2.45, 2.75) is 34.6 Å². The number of hydrogen-bond donors (Lipinski definition) is 3. The quantitative estimate of drug-likeness (QED) is 0.715. The van der Waals surface area contributed by atoms with Crippen LogP contribution in [0.5, 0.6) is 0 Å². The molecule has 0 radical (unpaired) electrons. The lowest BCUT2D eigenvalue weighted by atomic mass is 10.1. The van der Waals surface area contributed by atoms with Gasteiger partial charge >= 0.3 is 0 Å². The molecule has 0 amide bonds. The fourth-order valence-electron chi connectivity index (χ4n) is 1.66. The van der Waals surface area contributed by atoms with E-state index in [2.05, 4.69) is 15.0 Å². The zero-order chi connectivity index (χ0) is 15.6. The molecule has 0 aliphatic carbocycles. The fourth-order valence-corrected chi connectivity index (χ4v) is 3.19. The molecular weight excluding hydrogens is 308 g/mol. The minimum absolute atomic E-state index is 0.124. The van der Waals surface area contributed by atoms with Crippen LogP contribution in [-0.4, -0.2) is 19.5 Å². The first-order valence-electron chi connectivity index (χ1n) is 6.10. The van der Waals surface area contributed by atoms with Gasteiger partial charge in [-0.25, -0.2) is 9.97 Å². The van der Waals surface area contributed by atoms with Gasteiger partial charge in [-0.15, -0.1) is 5.14 Å². The van der Waals surface area contributed by atoms with Gasteiger partial charge in [0.05, 0.1) is 16.3 Å². The number of aromatic nitrogens is 3. The summed E-state index contributed by atoms with van der Waals surface area (Å²) >= 11 is -0.261. The first kappa shape index (κ1) is 15.8. The largest absolute Gasteiger partial charge is 0.592 e. The fraction of sp³-hybridized carbons (Fsp3) is 0.250. The topological polar surface area (TPSA) is 140 Å². The summed E-state index contributed by atoms with van der Waals surface area (Å²) in [6.07, 6.45) is 3.24. The van der Waals surface area contributed by atoms with Gasteiger partial charge in [0.15, 0.2) is 0 Å². The summed E-state index contributed by atoms with van der Waals surface area (Å²) in [6.45, 7) is 4.09. The van der Waals surface area contributed by atoms with Crippen LogP contribution < -0.4 is 16.6 Å². The van der Waals surface area contributed by atoms with Crippen LogP contribution in [-0.2, 0) is 11.4 Å². The SMILES string of the molecule is CC(C)c1cnc([S+](N)[O-])cc1Sc1cnc(N)nc1N. The Bertz CT molecular complexity index is 650. The molecule has 0 aliphatic heterocycles. The van der Waals surface area contributed by atoms with Crippen molar-refractivity contribution in [2.24, 2.45) is 5.14 Å². The Labute approximate surface area is 130 Å². The van der Waals surface area contributed by atoms with E-state index < -0.39 is 11.4 Å². The van der Waals surface area contributed by atoms with E-state index in [1.165, 1.54) is 11.8 Å². The Morgan fingerprint density at radius 2 is 1.90 bits per heavy atom. The molecule has 1 atom stereocenters. The van der Waals surface area contributed by atoms with Gasteiger partial charge in [0.25, 0.3) is 5.03 Å². The van der Waals surface area contributed by atoms with E-state index in [4.69, 9.17) is 16.6 Å². The molecule has 1 unspecified atom stereocenters. The van der Waals surface area contributed by atoms with Crippen molar-refractivity contribution in [2.75, 3.05) is 11.5 Å². The Kier molecular flexibility index (Phi) is 4.88. The van der Waals surface area contributed by atoms with E-state index in [0.717, 1.165) is 10.5 Å². The number of pyridine rings is 1. The molecule has 112 valence electrons. The van der Waals surface area contributed by atoms with Crippen molar-refractivity contribution in [3.63, 3.8) is 0 Å². The molecule has 0 spiro atoms. The summed E-state index contributed by atoms with van der Waals surface area (Å²) < 4.78 is 11.4. The van der Waals surface area contributed by atoms with E-state index in [1.54, 1.807) is 18.5 Å². The Morgan fingerprint density at radius 3 is 2.48 bits per heavy atom. The highest BCUT2D eigenvalue weighted by Gasteiger charge is 2.16. The third-order valence-electron chi connectivity index (χ3n) is 2.72. The number of nitrogens with two attached hydrogens (primary N) is 3. The summed E-state index contributed by atoms with van der Waals surface area (Å²) in [5.41, 5.74) is 12.3. The lowest BCUT2D eigenvalue weighted by Gasteiger charge is -2.13. The van der Waals surface area contributed by atoms with Gasteiger partial charge in [0, 0.05) is 23.4 Å². The molecule has 0 bridgehead atoms. The van der Waals surface area contributed by atoms with Gasteiger partial charge in [-0.1, -0.05) is 25.6 Å². The number of nitrogens with zero attached hydrogens (tertiary/aromatic N) is 3. The number of hydrogen-bond acceptors (Lipinski definition) is 8. The maximum atomic E-state index is 11.4. The van der Waals surface area contributed by atoms with E-state index in [-0.39, 0.29) is 11.9 Å². The average Bonchev–Trinajstić information content (AvgIpc) is 2.41. The summed E-state index contributed by atoms with van der Waals surface area (Å²) in [5, 5.41) is 5.70. The molecule has 0 fully saturated rings. The summed E-state index contributed by atoms with van der Waals surface area (Å²) in [5.74, 6) is 0.671. The lowest BCUT2D eigenvalue weighted by molar-refractivity contribution is 0.592. The van der Waals surface area contributed by atoms with Crippen LogP contribution in [0, 0.1) is 0 Å². The van der Waals surface area contributed by atoms with Crippen LogP contribution >= 0.6 is 11.8 Å². The molecule has 0 saturated carbocycles. The van der Waals surface area contributed by atoms with Crippen LogP contribution in [0.4, 0.5) is 11.8 Å². The molecular formula is C12H16N6OS2. The zero-order valence-electron chi connectivity index (χ0n) is 11.6. The second-order valence-electron chi connectivity index (χ2n) is 4.59. The summed E-state index contributed by atoms with van der Waals surface area (Å²) in [7, 11) is 0. The minimum atomic E-state index is -1.63. The van der Waals surface area contributed by atoms with E-state index in [1.807, 2.05) is 13.8 Å². The predicted molar refractivity (Wildman–Crippen MR) is 83.9 cm³/mol. The molecule has 2 heterocycles. The van der Waals surface area contributed by atoms with Crippen LogP contribution in [0.15, 0.2) is 33.3 Å². The third-order valence-corrected chi connectivity index (χ3v) is 4.46. The Balaban J connectivity index is 2.43. The highest BCUT2D eigenvalue weighted by Crippen LogP contribution is 2.36.